The molecule has 3 unspecified atom stereocenters. The van der Waals surface area contributed by atoms with Gasteiger partial charge in [-0.25, -0.2) is 0 Å². The summed E-state index contributed by atoms with van der Waals surface area (Å²) in [7, 11) is 1.87. The van der Waals surface area contributed by atoms with E-state index in [1.54, 1.807) is 0 Å². The molecule has 6 heteroatoms. The molecule has 4 aliphatic rings. The number of likely N-dealkylation sites (tertiary alicyclic amines) is 1. The fourth-order valence-corrected chi connectivity index (χ4v) is 4.96. The smallest absolute Gasteiger partial charge is 0.191 e. The van der Waals surface area contributed by atoms with Gasteiger partial charge >= 0.3 is 0 Å². The minimum atomic E-state index is 0.234. The number of aliphatic imine (C=N–C) groups is 1. The molecule has 0 aromatic heterocycles. The Balaban J connectivity index is 1.35. The van der Waals surface area contributed by atoms with Gasteiger partial charge in [-0.2, -0.15) is 0 Å². The van der Waals surface area contributed by atoms with E-state index >= 15 is 0 Å². The van der Waals surface area contributed by atoms with Crippen LogP contribution < -0.4 is 10.6 Å². The number of nitrogens with zero attached hydrogens (tertiary/aromatic N) is 2. The molecule has 3 atom stereocenters. The Hall–Kier alpha value is -0.850. The van der Waals surface area contributed by atoms with Crippen molar-refractivity contribution in [3.63, 3.8) is 0 Å². The van der Waals surface area contributed by atoms with Crippen LogP contribution in [0.5, 0.6) is 0 Å². The molecular formula is C18H32N4O2. The summed E-state index contributed by atoms with van der Waals surface area (Å²) in [6.45, 7) is 5.18. The van der Waals surface area contributed by atoms with Gasteiger partial charge in [0.05, 0.1) is 18.2 Å². The molecular weight excluding hydrogens is 304 g/mol. The Morgan fingerprint density at radius 2 is 2.00 bits per heavy atom. The van der Waals surface area contributed by atoms with Crippen LogP contribution in [0.2, 0.25) is 0 Å². The van der Waals surface area contributed by atoms with Crippen molar-refractivity contribution in [1.29, 1.82) is 0 Å². The first kappa shape index (κ1) is 16.6. The van der Waals surface area contributed by atoms with Gasteiger partial charge in [-0.05, 0) is 58.0 Å². The van der Waals surface area contributed by atoms with E-state index in [9.17, 15) is 0 Å². The Bertz CT molecular complexity index is 458. The lowest BCUT2D eigenvalue weighted by Crippen LogP contribution is -2.59. The van der Waals surface area contributed by atoms with Crippen molar-refractivity contribution in [2.24, 2.45) is 4.99 Å². The van der Waals surface area contributed by atoms with E-state index in [0.29, 0.717) is 18.2 Å². The zero-order valence-corrected chi connectivity index (χ0v) is 14.9. The molecule has 0 amide bonds. The predicted molar refractivity (Wildman–Crippen MR) is 94.4 cm³/mol. The average molecular weight is 336 g/mol. The lowest BCUT2D eigenvalue weighted by Gasteiger charge is -2.45. The van der Waals surface area contributed by atoms with Crippen molar-refractivity contribution in [2.75, 3.05) is 39.9 Å². The fourth-order valence-electron chi connectivity index (χ4n) is 4.96. The lowest BCUT2D eigenvalue weighted by molar-refractivity contribution is -0.0164. The summed E-state index contributed by atoms with van der Waals surface area (Å²) in [5.74, 6) is 0.932. The van der Waals surface area contributed by atoms with Gasteiger partial charge in [0.25, 0.3) is 0 Å². The second-order valence-electron chi connectivity index (χ2n) is 7.82. The summed E-state index contributed by atoms with van der Waals surface area (Å²) >= 11 is 0. The monoisotopic (exact) mass is 336 g/mol. The standard InChI is InChI=1S/C18H32N4O2/c1-19-17(21-15-12-14-4-5-16(15)24-14)20-13-18(6-10-23-11-7-18)22-8-2-3-9-22/h14-16H,2-13H2,1H3,(H2,19,20,21). The van der Waals surface area contributed by atoms with Crippen LogP contribution in [0.15, 0.2) is 4.99 Å². The lowest BCUT2D eigenvalue weighted by atomic mass is 9.88. The molecule has 24 heavy (non-hydrogen) atoms. The number of fused-ring (bicyclic) bond motifs is 2. The number of ether oxygens (including phenoxy) is 2. The molecule has 2 bridgehead atoms. The van der Waals surface area contributed by atoms with Crippen LogP contribution in [0.25, 0.3) is 0 Å². The average Bonchev–Trinajstić information content (AvgIpc) is 3.37. The topological polar surface area (TPSA) is 58.1 Å². The molecule has 6 nitrogen and oxygen atoms in total. The van der Waals surface area contributed by atoms with Crippen molar-refractivity contribution in [3.8, 4) is 0 Å². The maximum absolute atomic E-state index is 5.96. The van der Waals surface area contributed by atoms with Gasteiger partial charge in [0, 0.05) is 32.3 Å². The van der Waals surface area contributed by atoms with Crippen LogP contribution in [0.1, 0.15) is 44.9 Å². The van der Waals surface area contributed by atoms with Gasteiger partial charge < -0.3 is 20.1 Å². The van der Waals surface area contributed by atoms with Gasteiger partial charge in [-0.1, -0.05) is 0 Å². The van der Waals surface area contributed by atoms with E-state index in [0.717, 1.165) is 45.0 Å². The summed E-state index contributed by atoms with van der Waals surface area (Å²) < 4.78 is 11.6. The van der Waals surface area contributed by atoms with E-state index in [1.165, 1.54) is 38.8 Å². The van der Waals surface area contributed by atoms with Crippen LogP contribution in [-0.4, -0.2) is 74.5 Å². The van der Waals surface area contributed by atoms with Crippen molar-refractivity contribution < 1.29 is 9.47 Å². The van der Waals surface area contributed by atoms with Gasteiger partial charge in [-0.3, -0.25) is 9.89 Å². The van der Waals surface area contributed by atoms with E-state index in [2.05, 4.69) is 20.5 Å². The van der Waals surface area contributed by atoms with E-state index in [4.69, 9.17) is 9.47 Å². The molecule has 0 radical (unpaired) electrons. The molecule has 0 aliphatic carbocycles. The summed E-state index contributed by atoms with van der Waals surface area (Å²) in [6.07, 6.45) is 9.29. The third kappa shape index (κ3) is 3.28. The summed E-state index contributed by atoms with van der Waals surface area (Å²) in [5, 5.41) is 7.24. The van der Waals surface area contributed by atoms with Crippen molar-refractivity contribution >= 4 is 5.96 Å². The predicted octanol–water partition coefficient (Wildman–Crippen LogP) is 1.12. The molecule has 2 N–H and O–H groups in total. The molecule has 0 aromatic rings. The highest BCUT2D eigenvalue weighted by atomic mass is 16.5. The zero-order valence-electron chi connectivity index (χ0n) is 14.9. The molecule has 4 saturated heterocycles. The van der Waals surface area contributed by atoms with E-state index in [1.807, 2.05) is 7.05 Å². The number of guanidine groups is 1. The van der Waals surface area contributed by atoms with E-state index < -0.39 is 0 Å². The van der Waals surface area contributed by atoms with Gasteiger partial charge in [0.2, 0.25) is 0 Å². The molecule has 4 fully saturated rings. The second kappa shape index (κ2) is 7.18. The van der Waals surface area contributed by atoms with Crippen molar-refractivity contribution in [1.82, 2.24) is 15.5 Å². The Labute approximate surface area is 145 Å². The van der Waals surface area contributed by atoms with Crippen LogP contribution >= 0.6 is 0 Å². The van der Waals surface area contributed by atoms with Crippen molar-refractivity contribution in [2.45, 2.75) is 68.7 Å². The first-order valence-corrected chi connectivity index (χ1v) is 9.74. The maximum atomic E-state index is 5.96. The number of hydrogen-bond acceptors (Lipinski definition) is 4. The quantitative estimate of drug-likeness (QED) is 0.595. The Morgan fingerprint density at radius 3 is 2.62 bits per heavy atom. The van der Waals surface area contributed by atoms with E-state index in [-0.39, 0.29) is 5.54 Å². The molecule has 0 saturated carbocycles. The number of rotatable bonds is 4. The fraction of sp³-hybridized carbons (Fsp3) is 0.944. The van der Waals surface area contributed by atoms with Crippen molar-refractivity contribution in [3.05, 3.63) is 0 Å². The van der Waals surface area contributed by atoms with Gasteiger partial charge in [0.1, 0.15) is 0 Å². The molecule has 0 spiro atoms. The largest absolute Gasteiger partial charge is 0.381 e. The molecule has 4 aliphatic heterocycles. The van der Waals surface area contributed by atoms with Crippen LogP contribution in [0.3, 0.4) is 0 Å². The Kier molecular flexibility index (Phi) is 4.97. The van der Waals surface area contributed by atoms with Gasteiger partial charge in [-0.15, -0.1) is 0 Å². The first-order chi connectivity index (χ1) is 11.8. The highest BCUT2D eigenvalue weighted by Gasteiger charge is 2.42. The normalized spacial score (nSPS) is 36.2. The van der Waals surface area contributed by atoms with Crippen LogP contribution in [-0.2, 0) is 9.47 Å². The molecule has 0 aromatic carbocycles. The molecule has 4 rings (SSSR count). The SMILES string of the molecule is CN=C(NCC1(N2CCCC2)CCOCC1)NC1CC2CCC1O2. The molecule has 4 heterocycles. The first-order valence-electron chi connectivity index (χ1n) is 9.74. The zero-order chi connectivity index (χ0) is 16.4. The molecule has 136 valence electrons. The third-order valence-electron chi connectivity index (χ3n) is 6.44. The third-order valence-corrected chi connectivity index (χ3v) is 6.44. The summed E-state index contributed by atoms with van der Waals surface area (Å²) in [5.41, 5.74) is 0.234. The Morgan fingerprint density at radius 1 is 1.21 bits per heavy atom. The van der Waals surface area contributed by atoms with Crippen LogP contribution in [0.4, 0.5) is 0 Å². The number of nitrogens with one attached hydrogen (secondary N) is 2. The highest BCUT2D eigenvalue weighted by Crippen LogP contribution is 2.34. The minimum absolute atomic E-state index is 0.234. The van der Waals surface area contributed by atoms with Crippen LogP contribution in [0, 0.1) is 0 Å². The summed E-state index contributed by atoms with van der Waals surface area (Å²) in [6, 6.07) is 0.423. The highest BCUT2D eigenvalue weighted by molar-refractivity contribution is 5.80. The minimum Gasteiger partial charge on any atom is -0.381 e. The number of hydrogen-bond donors (Lipinski definition) is 2. The maximum Gasteiger partial charge on any atom is 0.191 e. The summed E-state index contributed by atoms with van der Waals surface area (Å²) in [4.78, 5) is 7.16. The second-order valence-corrected chi connectivity index (χ2v) is 7.82. The van der Waals surface area contributed by atoms with Gasteiger partial charge in [0.15, 0.2) is 5.96 Å².